The van der Waals surface area contributed by atoms with Crippen LogP contribution >= 0.6 is 0 Å². The predicted octanol–water partition coefficient (Wildman–Crippen LogP) is -0.330. The minimum Gasteiger partial charge on any atom is -0.457 e. The summed E-state index contributed by atoms with van der Waals surface area (Å²) in [7, 11) is 1.43. The molecule has 0 aromatic rings. The highest BCUT2D eigenvalue weighted by atomic mass is 16.7. The molecule has 1 N–H and O–H groups in total. The Kier molecular flexibility index (Phi) is 3.24. The van der Waals surface area contributed by atoms with Crippen molar-refractivity contribution in [2.45, 2.75) is 38.4 Å². The van der Waals surface area contributed by atoms with E-state index in [1.807, 2.05) is 0 Å². The number of ether oxygens (including phenoxy) is 3. The Morgan fingerprint density at radius 3 is 2.54 bits per heavy atom. The summed E-state index contributed by atoms with van der Waals surface area (Å²) in [5, 5.41) is 9.54. The van der Waals surface area contributed by atoms with Crippen LogP contribution in [0.4, 0.5) is 0 Å². The summed E-state index contributed by atoms with van der Waals surface area (Å²) in [5.74, 6) is -0.434. The van der Waals surface area contributed by atoms with Crippen molar-refractivity contribution < 1.29 is 24.1 Å². The van der Waals surface area contributed by atoms with Gasteiger partial charge in [-0.2, -0.15) is 0 Å². The van der Waals surface area contributed by atoms with E-state index in [1.165, 1.54) is 14.0 Å². The van der Waals surface area contributed by atoms with Crippen molar-refractivity contribution >= 4 is 5.97 Å². The van der Waals surface area contributed by atoms with Crippen molar-refractivity contribution in [3.05, 3.63) is 0 Å². The van der Waals surface area contributed by atoms with Gasteiger partial charge >= 0.3 is 5.97 Å². The predicted molar refractivity (Wildman–Crippen MR) is 42.9 cm³/mol. The van der Waals surface area contributed by atoms with Crippen molar-refractivity contribution in [1.82, 2.24) is 0 Å². The number of rotatable bonds is 2. The van der Waals surface area contributed by atoms with Crippen molar-refractivity contribution in [2.24, 2.45) is 0 Å². The number of esters is 1. The summed E-state index contributed by atoms with van der Waals surface area (Å²) in [6.07, 6.45) is -2.60. The van der Waals surface area contributed by atoms with Crippen LogP contribution in [0.5, 0.6) is 0 Å². The van der Waals surface area contributed by atoms with Crippen LogP contribution in [0, 0.1) is 0 Å². The lowest BCUT2D eigenvalue weighted by Crippen LogP contribution is -2.36. The highest BCUT2D eigenvalue weighted by Gasteiger charge is 2.43. The van der Waals surface area contributed by atoms with Gasteiger partial charge < -0.3 is 19.3 Å². The summed E-state index contributed by atoms with van der Waals surface area (Å²) in [4.78, 5) is 10.7. The van der Waals surface area contributed by atoms with E-state index in [9.17, 15) is 9.90 Å². The van der Waals surface area contributed by atoms with Crippen molar-refractivity contribution in [2.75, 3.05) is 7.11 Å². The van der Waals surface area contributed by atoms with Gasteiger partial charge in [0.1, 0.15) is 6.10 Å². The Labute approximate surface area is 76.6 Å². The molecule has 13 heavy (non-hydrogen) atoms. The average Bonchev–Trinajstić information content (AvgIpc) is 2.31. The second-order valence-corrected chi connectivity index (χ2v) is 3.01. The summed E-state index contributed by atoms with van der Waals surface area (Å²) in [5.41, 5.74) is 0. The van der Waals surface area contributed by atoms with Gasteiger partial charge in [0.2, 0.25) is 0 Å². The molecule has 1 fully saturated rings. The van der Waals surface area contributed by atoms with Crippen LogP contribution in [0.3, 0.4) is 0 Å². The smallest absolute Gasteiger partial charge is 0.303 e. The first-order valence-electron chi connectivity index (χ1n) is 4.09. The first kappa shape index (κ1) is 10.4. The van der Waals surface area contributed by atoms with Gasteiger partial charge in [0.25, 0.3) is 0 Å². The van der Waals surface area contributed by atoms with Gasteiger partial charge in [-0.05, 0) is 6.92 Å². The Bertz CT molecular complexity index is 193. The Morgan fingerprint density at radius 2 is 2.15 bits per heavy atom. The molecule has 5 nitrogen and oxygen atoms in total. The number of aliphatic hydroxyl groups is 1. The number of carbonyl (C=O) groups is 1. The molecule has 0 aromatic carbocycles. The fourth-order valence-corrected chi connectivity index (χ4v) is 1.35. The van der Waals surface area contributed by atoms with E-state index >= 15 is 0 Å². The average molecular weight is 190 g/mol. The molecule has 0 bridgehead atoms. The van der Waals surface area contributed by atoms with E-state index < -0.39 is 24.5 Å². The molecule has 0 aromatic heterocycles. The van der Waals surface area contributed by atoms with Gasteiger partial charge in [-0.15, -0.1) is 0 Å². The van der Waals surface area contributed by atoms with Crippen LogP contribution in [0.1, 0.15) is 13.8 Å². The largest absolute Gasteiger partial charge is 0.457 e. The summed E-state index contributed by atoms with van der Waals surface area (Å²) in [6.45, 7) is 3.01. The zero-order valence-corrected chi connectivity index (χ0v) is 7.89. The first-order valence-corrected chi connectivity index (χ1v) is 4.09. The fraction of sp³-hybridized carbons (Fsp3) is 0.875. The van der Waals surface area contributed by atoms with Crippen LogP contribution in [-0.2, 0) is 19.0 Å². The zero-order chi connectivity index (χ0) is 10.0. The van der Waals surface area contributed by atoms with Gasteiger partial charge in [-0.25, -0.2) is 0 Å². The van der Waals surface area contributed by atoms with Crippen molar-refractivity contribution in [3.8, 4) is 0 Å². The lowest BCUT2D eigenvalue weighted by atomic mass is 10.1. The third kappa shape index (κ3) is 2.18. The van der Waals surface area contributed by atoms with Crippen molar-refractivity contribution in [1.29, 1.82) is 0 Å². The molecule has 0 radical (unpaired) electrons. The van der Waals surface area contributed by atoms with Crippen LogP contribution in [-0.4, -0.2) is 42.8 Å². The van der Waals surface area contributed by atoms with Crippen LogP contribution in [0.25, 0.3) is 0 Å². The summed E-state index contributed by atoms with van der Waals surface area (Å²) >= 11 is 0. The minimum absolute atomic E-state index is 0.344. The molecular weight excluding hydrogens is 176 g/mol. The second kappa shape index (κ2) is 4.04. The molecule has 1 aliphatic heterocycles. The topological polar surface area (TPSA) is 65.0 Å². The van der Waals surface area contributed by atoms with E-state index in [0.717, 1.165) is 0 Å². The van der Waals surface area contributed by atoms with E-state index in [1.54, 1.807) is 6.92 Å². The van der Waals surface area contributed by atoms with Crippen LogP contribution < -0.4 is 0 Å². The molecule has 1 rings (SSSR count). The van der Waals surface area contributed by atoms with Gasteiger partial charge in [0.05, 0.1) is 6.10 Å². The highest BCUT2D eigenvalue weighted by Crippen LogP contribution is 2.23. The maximum Gasteiger partial charge on any atom is 0.303 e. The first-order chi connectivity index (χ1) is 6.06. The lowest BCUT2D eigenvalue weighted by Gasteiger charge is -2.16. The van der Waals surface area contributed by atoms with E-state index in [4.69, 9.17) is 14.2 Å². The molecule has 0 amide bonds. The minimum atomic E-state index is -0.913. The molecular formula is C8H14O5. The summed E-state index contributed by atoms with van der Waals surface area (Å²) < 4.78 is 14.9. The van der Waals surface area contributed by atoms with E-state index in [-0.39, 0.29) is 6.10 Å². The van der Waals surface area contributed by atoms with Gasteiger partial charge in [-0.3, -0.25) is 4.79 Å². The van der Waals surface area contributed by atoms with Crippen molar-refractivity contribution in [3.63, 3.8) is 0 Å². The molecule has 1 heterocycles. The lowest BCUT2D eigenvalue weighted by molar-refractivity contribution is -0.154. The molecule has 1 saturated heterocycles. The molecule has 0 spiro atoms. The fourth-order valence-electron chi connectivity index (χ4n) is 1.35. The third-order valence-electron chi connectivity index (χ3n) is 1.96. The Morgan fingerprint density at radius 1 is 1.54 bits per heavy atom. The molecule has 0 saturated carbocycles. The quantitative estimate of drug-likeness (QED) is 0.604. The molecule has 1 aliphatic rings. The maximum absolute atomic E-state index is 10.7. The number of hydrogen-bond acceptors (Lipinski definition) is 5. The monoisotopic (exact) mass is 190 g/mol. The molecule has 0 aliphatic carbocycles. The zero-order valence-electron chi connectivity index (χ0n) is 7.89. The SMILES string of the molecule is CO[C@@H]1O[C@H](C)[C@H](OC(C)=O)[C@H]1O. The van der Waals surface area contributed by atoms with E-state index in [0.29, 0.717) is 0 Å². The van der Waals surface area contributed by atoms with E-state index in [2.05, 4.69) is 0 Å². The van der Waals surface area contributed by atoms with Gasteiger partial charge in [-0.1, -0.05) is 0 Å². The Balaban J connectivity index is 2.58. The standard InChI is InChI=1S/C8H14O5/c1-4-7(13-5(2)9)6(10)8(11-3)12-4/h4,6-8,10H,1-3H3/t4-,6-,7+,8-/m1/s1. The number of aliphatic hydroxyl groups excluding tert-OH is 1. The normalized spacial score (nSPS) is 39.1. The summed E-state index contributed by atoms with van der Waals surface area (Å²) in [6, 6.07) is 0. The highest BCUT2D eigenvalue weighted by molar-refractivity contribution is 5.66. The molecule has 4 atom stereocenters. The Hall–Kier alpha value is -0.650. The second-order valence-electron chi connectivity index (χ2n) is 3.01. The van der Waals surface area contributed by atoms with Crippen LogP contribution in [0.2, 0.25) is 0 Å². The van der Waals surface area contributed by atoms with Crippen LogP contribution in [0.15, 0.2) is 0 Å². The molecule has 5 heteroatoms. The van der Waals surface area contributed by atoms with Gasteiger partial charge in [0.15, 0.2) is 12.4 Å². The third-order valence-corrected chi connectivity index (χ3v) is 1.96. The van der Waals surface area contributed by atoms with Gasteiger partial charge in [0, 0.05) is 14.0 Å². The maximum atomic E-state index is 10.7. The number of methoxy groups -OCH3 is 1. The number of carbonyl (C=O) groups excluding carboxylic acids is 1. The molecule has 0 unspecified atom stereocenters. The molecule has 76 valence electrons. The number of hydrogen-bond donors (Lipinski definition) is 1.